The summed E-state index contributed by atoms with van der Waals surface area (Å²) in [7, 11) is 0. The van der Waals surface area contributed by atoms with Crippen molar-refractivity contribution in [3.63, 3.8) is 0 Å². The van der Waals surface area contributed by atoms with Gasteiger partial charge in [0.05, 0.1) is 0 Å². The van der Waals surface area contributed by atoms with Crippen molar-refractivity contribution >= 4 is 18.2 Å². The molecule has 0 aliphatic rings. The molecule has 1 aromatic carbocycles. The van der Waals surface area contributed by atoms with E-state index >= 15 is 0 Å². The molecule has 20 heavy (non-hydrogen) atoms. The number of Topliss-reactive ketones (excluding diaryl/α,β-unsaturated/α-hetero) is 1. The molecule has 0 spiro atoms. The van der Waals surface area contributed by atoms with Crippen LogP contribution in [0.1, 0.15) is 47.3 Å². The first-order chi connectivity index (χ1) is 8.68. The Kier molecular flexibility index (Phi) is 6.67. The molecule has 0 saturated heterocycles. The van der Waals surface area contributed by atoms with E-state index in [1.54, 1.807) is 13.0 Å². The molecule has 0 saturated carbocycles. The fourth-order valence-corrected chi connectivity index (χ4v) is 1.76. The zero-order valence-electron chi connectivity index (χ0n) is 11.2. The highest BCUT2D eigenvalue weighted by Gasteiger charge is 2.40. The first-order valence-electron chi connectivity index (χ1n) is 5.89. The molecule has 0 aliphatic carbocycles. The van der Waals surface area contributed by atoms with Crippen LogP contribution in [0.4, 0.5) is 13.2 Å². The van der Waals surface area contributed by atoms with Gasteiger partial charge in [0.2, 0.25) is 0 Å². The Balaban J connectivity index is 0.00000361. The summed E-state index contributed by atoms with van der Waals surface area (Å²) in [6.07, 6.45) is -4.91. The number of alkyl halides is 3. The normalized spacial score (nSPS) is 14.3. The van der Waals surface area contributed by atoms with E-state index in [1.807, 2.05) is 0 Å². The Labute approximate surface area is 121 Å². The largest absolute Gasteiger partial charge is 0.454 e. The maximum Gasteiger partial charge on any atom is 0.454 e. The standard InChI is InChI=1S/C13H17F3N2O.ClH/c1-7(6-17)9-3-4-10(8(2)18)11(5-9)12(19)13(14,15)16;/h3-5,7-8H,6,17-18H2,1-2H3;1H. The first-order valence-corrected chi connectivity index (χ1v) is 5.89. The number of halogens is 4. The molecule has 2 unspecified atom stereocenters. The maximum absolute atomic E-state index is 12.6. The molecule has 0 fully saturated rings. The van der Waals surface area contributed by atoms with E-state index in [-0.39, 0.29) is 36.0 Å². The number of carbonyl (C=O) groups excluding carboxylic acids is 1. The number of hydrogen-bond donors (Lipinski definition) is 2. The summed E-state index contributed by atoms with van der Waals surface area (Å²) in [5.41, 5.74) is 11.5. The lowest BCUT2D eigenvalue weighted by molar-refractivity contribution is -0.0886. The van der Waals surface area contributed by atoms with Crippen molar-refractivity contribution in [3.8, 4) is 0 Å². The van der Waals surface area contributed by atoms with Crippen LogP contribution >= 0.6 is 12.4 Å². The van der Waals surface area contributed by atoms with E-state index < -0.39 is 18.0 Å². The third-order valence-electron chi connectivity index (χ3n) is 2.99. The molecular formula is C13H18ClF3N2O. The van der Waals surface area contributed by atoms with Gasteiger partial charge in [-0.3, -0.25) is 4.79 Å². The van der Waals surface area contributed by atoms with E-state index in [9.17, 15) is 18.0 Å². The molecule has 3 nitrogen and oxygen atoms in total. The first kappa shape index (κ1) is 18.9. The Morgan fingerprint density at radius 2 is 1.85 bits per heavy atom. The molecule has 2 atom stereocenters. The zero-order valence-corrected chi connectivity index (χ0v) is 12.0. The molecule has 4 N–H and O–H groups in total. The average molecular weight is 311 g/mol. The van der Waals surface area contributed by atoms with Crippen molar-refractivity contribution in [3.05, 3.63) is 34.9 Å². The van der Waals surface area contributed by atoms with Crippen LogP contribution in [0.2, 0.25) is 0 Å². The zero-order chi connectivity index (χ0) is 14.8. The van der Waals surface area contributed by atoms with Gasteiger partial charge in [-0.05, 0) is 36.6 Å². The number of carbonyl (C=O) groups is 1. The molecule has 1 rings (SSSR count). The molecule has 1 aromatic rings. The second-order valence-electron chi connectivity index (χ2n) is 4.60. The fraction of sp³-hybridized carbons (Fsp3) is 0.462. The Hall–Kier alpha value is -1.11. The van der Waals surface area contributed by atoms with Gasteiger partial charge in [-0.25, -0.2) is 0 Å². The predicted molar refractivity (Wildman–Crippen MR) is 74.1 cm³/mol. The van der Waals surface area contributed by atoms with Gasteiger partial charge in [-0.15, -0.1) is 12.4 Å². The van der Waals surface area contributed by atoms with Crippen molar-refractivity contribution < 1.29 is 18.0 Å². The molecule has 0 aromatic heterocycles. The van der Waals surface area contributed by atoms with E-state index in [1.165, 1.54) is 19.1 Å². The van der Waals surface area contributed by atoms with Crippen LogP contribution in [0.25, 0.3) is 0 Å². The molecule has 0 radical (unpaired) electrons. The summed E-state index contributed by atoms with van der Waals surface area (Å²) in [6, 6.07) is 3.71. The number of rotatable bonds is 4. The molecular weight excluding hydrogens is 293 g/mol. The summed E-state index contributed by atoms with van der Waals surface area (Å²) < 4.78 is 37.7. The van der Waals surface area contributed by atoms with Crippen LogP contribution in [0, 0.1) is 0 Å². The lowest BCUT2D eigenvalue weighted by Crippen LogP contribution is -2.26. The van der Waals surface area contributed by atoms with Crippen LogP contribution < -0.4 is 11.5 Å². The summed E-state index contributed by atoms with van der Waals surface area (Å²) >= 11 is 0. The Morgan fingerprint density at radius 3 is 2.25 bits per heavy atom. The van der Waals surface area contributed by atoms with Crippen LogP contribution in [-0.4, -0.2) is 18.5 Å². The lowest BCUT2D eigenvalue weighted by atomic mass is 9.92. The van der Waals surface area contributed by atoms with Crippen molar-refractivity contribution in [2.45, 2.75) is 32.0 Å². The minimum absolute atomic E-state index is 0. The quantitative estimate of drug-likeness (QED) is 0.840. The van der Waals surface area contributed by atoms with Crippen LogP contribution in [-0.2, 0) is 0 Å². The summed E-state index contributed by atoms with van der Waals surface area (Å²) in [5.74, 6) is -1.99. The third-order valence-corrected chi connectivity index (χ3v) is 2.99. The summed E-state index contributed by atoms with van der Waals surface area (Å²) in [4.78, 5) is 11.4. The second kappa shape index (κ2) is 7.06. The van der Waals surface area contributed by atoms with Gasteiger partial charge in [0, 0.05) is 11.6 Å². The van der Waals surface area contributed by atoms with Crippen molar-refractivity contribution in [1.29, 1.82) is 0 Å². The fourth-order valence-electron chi connectivity index (χ4n) is 1.76. The summed E-state index contributed by atoms with van der Waals surface area (Å²) in [6.45, 7) is 3.61. The Morgan fingerprint density at radius 1 is 1.30 bits per heavy atom. The van der Waals surface area contributed by atoms with Gasteiger partial charge in [-0.2, -0.15) is 13.2 Å². The van der Waals surface area contributed by atoms with Gasteiger partial charge in [-0.1, -0.05) is 19.1 Å². The number of ketones is 1. The smallest absolute Gasteiger partial charge is 0.330 e. The minimum Gasteiger partial charge on any atom is -0.330 e. The van der Waals surface area contributed by atoms with Crippen LogP contribution in [0.3, 0.4) is 0 Å². The van der Waals surface area contributed by atoms with Gasteiger partial charge in [0.15, 0.2) is 0 Å². The topological polar surface area (TPSA) is 69.1 Å². The van der Waals surface area contributed by atoms with Crippen LogP contribution in [0.5, 0.6) is 0 Å². The van der Waals surface area contributed by atoms with Crippen LogP contribution in [0.15, 0.2) is 18.2 Å². The lowest BCUT2D eigenvalue weighted by Gasteiger charge is -2.17. The number of benzene rings is 1. The van der Waals surface area contributed by atoms with Crippen molar-refractivity contribution in [2.75, 3.05) is 6.54 Å². The SMILES string of the molecule is CC(N)c1ccc(C(C)CN)cc1C(=O)C(F)(F)F.Cl. The number of nitrogens with two attached hydrogens (primary N) is 2. The molecule has 114 valence electrons. The summed E-state index contributed by atoms with van der Waals surface area (Å²) in [5, 5.41) is 0. The maximum atomic E-state index is 12.6. The van der Waals surface area contributed by atoms with Crippen molar-refractivity contribution in [2.24, 2.45) is 11.5 Å². The molecule has 0 bridgehead atoms. The molecule has 0 aliphatic heterocycles. The van der Waals surface area contributed by atoms with E-state index in [2.05, 4.69) is 0 Å². The van der Waals surface area contributed by atoms with Crippen molar-refractivity contribution in [1.82, 2.24) is 0 Å². The highest BCUT2D eigenvalue weighted by molar-refractivity contribution is 6.01. The predicted octanol–water partition coefficient (Wildman–Crippen LogP) is 2.94. The third kappa shape index (κ3) is 4.19. The minimum atomic E-state index is -4.91. The van der Waals surface area contributed by atoms with E-state index in [0.29, 0.717) is 5.56 Å². The van der Waals surface area contributed by atoms with E-state index in [0.717, 1.165) is 0 Å². The molecule has 7 heteroatoms. The van der Waals surface area contributed by atoms with Gasteiger partial charge in [0.25, 0.3) is 5.78 Å². The van der Waals surface area contributed by atoms with Gasteiger partial charge in [0.1, 0.15) is 0 Å². The van der Waals surface area contributed by atoms with Gasteiger partial charge >= 0.3 is 6.18 Å². The molecule has 0 heterocycles. The van der Waals surface area contributed by atoms with E-state index in [4.69, 9.17) is 11.5 Å². The van der Waals surface area contributed by atoms with Gasteiger partial charge < -0.3 is 11.5 Å². The second-order valence-corrected chi connectivity index (χ2v) is 4.60. The molecule has 0 amide bonds. The highest BCUT2D eigenvalue weighted by Crippen LogP contribution is 2.28. The average Bonchev–Trinajstić information content (AvgIpc) is 2.34. The monoisotopic (exact) mass is 310 g/mol. The number of hydrogen-bond acceptors (Lipinski definition) is 3. The highest BCUT2D eigenvalue weighted by atomic mass is 35.5. The Bertz CT molecular complexity index is 475.